The van der Waals surface area contributed by atoms with E-state index in [0.29, 0.717) is 24.2 Å². The molecule has 94 valence electrons. The number of likely N-dealkylation sites (tertiary alicyclic amines) is 1. The van der Waals surface area contributed by atoms with Gasteiger partial charge >= 0.3 is 0 Å². The molecule has 1 aromatic rings. The molecule has 0 aromatic heterocycles. The van der Waals surface area contributed by atoms with Gasteiger partial charge in [-0.15, -0.1) is 0 Å². The van der Waals surface area contributed by atoms with Gasteiger partial charge in [0.2, 0.25) is 5.91 Å². The van der Waals surface area contributed by atoms with Crippen LogP contribution in [0.15, 0.2) is 18.2 Å². The van der Waals surface area contributed by atoms with Crippen molar-refractivity contribution in [2.24, 2.45) is 5.92 Å². The number of amides is 1. The van der Waals surface area contributed by atoms with Crippen molar-refractivity contribution in [3.05, 3.63) is 35.1 Å². The molecule has 0 aliphatic carbocycles. The van der Waals surface area contributed by atoms with Gasteiger partial charge in [0.1, 0.15) is 5.82 Å². The average Bonchev–Trinajstić information content (AvgIpc) is 2.37. The largest absolute Gasteiger partial charge is 0.338 e. The molecule has 3 nitrogen and oxygen atoms in total. The number of hydrogen-bond donors (Lipinski definition) is 0. The van der Waals surface area contributed by atoms with Crippen LogP contribution < -0.4 is 0 Å². The molecule has 0 spiro atoms. The standard InChI is InChI=1S/C14H15FN2O/c1-10-3-2-6-17(14(10)18)9-12-5-4-11(8-16)7-13(12)15/h4-5,7,10H,2-3,6,9H2,1H3. The predicted molar refractivity (Wildman–Crippen MR) is 64.9 cm³/mol. The SMILES string of the molecule is CC1CCCN(Cc2ccc(C#N)cc2F)C1=O. The van der Waals surface area contributed by atoms with E-state index in [1.165, 1.54) is 6.07 Å². The number of carbonyl (C=O) groups is 1. The van der Waals surface area contributed by atoms with E-state index in [2.05, 4.69) is 0 Å². The number of carbonyl (C=O) groups excluding carboxylic acids is 1. The van der Waals surface area contributed by atoms with Gasteiger partial charge in [-0.25, -0.2) is 4.39 Å². The van der Waals surface area contributed by atoms with Crippen LogP contribution in [0.3, 0.4) is 0 Å². The molecule has 1 aliphatic heterocycles. The highest BCUT2D eigenvalue weighted by molar-refractivity contribution is 5.79. The van der Waals surface area contributed by atoms with Crippen LogP contribution in [0, 0.1) is 23.1 Å². The Morgan fingerprint density at radius 3 is 3.00 bits per heavy atom. The fourth-order valence-corrected chi connectivity index (χ4v) is 2.24. The molecule has 0 saturated carbocycles. The Hall–Kier alpha value is -1.89. The van der Waals surface area contributed by atoms with Crippen LogP contribution in [0.5, 0.6) is 0 Å². The third-order valence-electron chi connectivity index (χ3n) is 3.34. The molecule has 1 unspecified atom stereocenters. The zero-order valence-electron chi connectivity index (χ0n) is 10.3. The van der Waals surface area contributed by atoms with Gasteiger partial charge in [0, 0.05) is 24.6 Å². The summed E-state index contributed by atoms with van der Waals surface area (Å²) in [5.41, 5.74) is 0.769. The van der Waals surface area contributed by atoms with E-state index in [4.69, 9.17) is 5.26 Å². The summed E-state index contributed by atoms with van der Waals surface area (Å²) in [6, 6.07) is 6.27. The van der Waals surface area contributed by atoms with Crippen LogP contribution in [-0.4, -0.2) is 17.4 Å². The van der Waals surface area contributed by atoms with E-state index < -0.39 is 5.82 Å². The summed E-state index contributed by atoms with van der Waals surface area (Å²) < 4.78 is 13.7. The van der Waals surface area contributed by atoms with Gasteiger partial charge in [0.05, 0.1) is 11.6 Å². The molecule has 2 rings (SSSR count). The van der Waals surface area contributed by atoms with Gasteiger partial charge < -0.3 is 4.90 Å². The van der Waals surface area contributed by atoms with E-state index in [0.717, 1.165) is 12.8 Å². The lowest BCUT2D eigenvalue weighted by Gasteiger charge is -2.30. The average molecular weight is 246 g/mol. The maximum Gasteiger partial charge on any atom is 0.225 e. The van der Waals surface area contributed by atoms with Crippen LogP contribution in [-0.2, 0) is 11.3 Å². The lowest BCUT2D eigenvalue weighted by molar-refractivity contribution is -0.138. The van der Waals surface area contributed by atoms with E-state index in [-0.39, 0.29) is 11.8 Å². The van der Waals surface area contributed by atoms with E-state index in [1.807, 2.05) is 13.0 Å². The first-order chi connectivity index (χ1) is 8.61. The molecule has 0 radical (unpaired) electrons. The molecule has 18 heavy (non-hydrogen) atoms. The molecule has 1 amide bonds. The van der Waals surface area contributed by atoms with Gasteiger partial charge in [-0.2, -0.15) is 5.26 Å². The van der Waals surface area contributed by atoms with Crippen LogP contribution in [0.2, 0.25) is 0 Å². The highest BCUT2D eigenvalue weighted by atomic mass is 19.1. The fraction of sp³-hybridized carbons (Fsp3) is 0.429. The Labute approximate surface area is 106 Å². The number of nitrogens with zero attached hydrogens (tertiary/aromatic N) is 2. The fourth-order valence-electron chi connectivity index (χ4n) is 2.24. The van der Waals surface area contributed by atoms with Crippen molar-refractivity contribution in [3.63, 3.8) is 0 Å². The molecule has 1 fully saturated rings. The predicted octanol–water partition coefficient (Wildman–Crippen LogP) is 2.46. The summed E-state index contributed by atoms with van der Waals surface area (Å²) in [6.07, 6.45) is 1.87. The highest BCUT2D eigenvalue weighted by Crippen LogP contribution is 2.20. The van der Waals surface area contributed by atoms with Gasteiger partial charge in [0.25, 0.3) is 0 Å². The number of hydrogen-bond acceptors (Lipinski definition) is 2. The van der Waals surface area contributed by atoms with Crippen molar-refractivity contribution in [3.8, 4) is 6.07 Å². The quantitative estimate of drug-likeness (QED) is 0.804. The minimum absolute atomic E-state index is 0.0280. The second-order valence-corrected chi connectivity index (χ2v) is 4.72. The molecule has 1 atom stereocenters. The van der Waals surface area contributed by atoms with Gasteiger partial charge in [-0.3, -0.25) is 4.79 Å². The van der Waals surface area contributed by atoms with Crippen molar-refractivity contribution in [1.29, 1.82) is 5.26 Å². The van der Waals surface area contributed by atoms with Gasteiger partial charge in [0.15, 0.2) is 0 Å². The second kappa shape index (κ2) is 5.18. The van der Waals surface area contributed by atoms with Crippen LogP contribution in [0.1, 0.15) is 30.9 Å². The first kappa shape index (κ1) is 12.6. The highest BCUT2D eigenvalue weighted by Gasteiger charge is 2.25. The first-order valence-corrected chi connectivity index (χ1v) is 6.09. The number of halogens is 1. The Kier molecular flexibility index (Phi) is 3.61. The van der Waals surface area contributed by atoms with Crippen molar-refractivity contribution >= 4 is 5.91 Å². The Bertz CT molecular complexity index is 507. The molecular formula is C14H15FN2O. The molecular weight excluding hydrogens is 231 g/mol. The maximum absolute atomic E-state index is 13.7. The molecule has 1 heterocycles. The zero-order chi connectivity index (χ0) is 13.1. The molecule has 0 N–H and O–H groups in total. The minimum Gasteiger partial charge on any atom is -0.338 e. The smallest absolute Gasteiger partial charge is 0.225 e. The third kappa shape index (κ3) is 2.51. The molecule has 1 aromatic carbocycles. The molecule has 4 heteroatoms. The minimum atomic E-state index is -0.417. The number of piperidine rings is 1. The molecule has 1 aliphatic rings. The van der Waals surface area contributed by atoms with E-state index in [9.17, 15) is 9.18 Å². The normalized spacial score (nSPS) is 19.7. The van der Waals surface area contributed by atoms with Crippen LogP contribution in [0.25, 0.3) is 0 Å². The summed E-state index contributed by atoms with van der Waals surface area (Å²) in [6.45, 7) is 2.88. The summed E-state index contributed by atoms with van der Waals surface area (Å²) >= 11 is 0. The Morgan fingerprint density at radius 2 is 2.33 bits per heavy atom. The summed E-state index contributed by atoms with van der Waals surface area (Å²) in [7, 11) is 0. The second-order valence-electron chi connectivity index (χ2n) is 4.72. The molecule has 1 saturated heterocycles. The Balaban J connectivity index is 2.14. The topological polar surface area (TPSA) is 44.1 Å². The van der Waals surface area contributed by atoms with Crippen molar-refractivity contribution in [1.82, 2.24) is 4.90 Å². The maximum atomic E-state index is 13.7. The van der Waals surface area contributed by atoms with E-state index >= 15 is 0 Å². The van der Waals surface area contributed by atoms with Gasteiger partial charge in [-0.05, 0) is 25.0 Å². The van der Waals surface area contributed by atoms with Crippen molar-refractivity contribution in [2.75, 3.05) is 6.54 Å². The van der Waals surface area contributed by atoms with Crippen molar-refractivity contribution < 1.29 is 9.18 Å². The lowest BCUT2D eigenvalue weighted by Crippen LogP contribution is -2.39. The van der Waals surface area contributed by atoms with Crippen molar-refractivity contribution in [2.45, 2.75) is 26.3 Å². The summed E-state index contributed by atoms with van der Waals surface area (Å²) in [5, 5.41) is 8.67. The van der Waals surface area contributed by atoms with Crippen LogP contribution in [0.4, 0.5) is 4.39 Å². The summed E-state index contributed by atoms with van der Waals surface area (Å²) in [5.74, 6) is -0.301. The van der Waals surface area contributed by atoms with E-state index in [1.54, 1.807) is 17.0 Å². The molecule has 0 bridgehead atoms. The number of benzene rings is 1. The number of nitriles is 1. The monoisotopic (exact) mass is 246 g/mol. The lowest BCUT2D eigenvalue weighted by atomic mass is 9.98. The third-order valence-corrected chi connectivity index (χ3v) is 3.34. The summed E-state index contributed by atoms with van der Waals surface area (Å²) in [4.78, 5) is 13.6. The van der Waals surface area contributed by atoms with Gasteiger partial charge in [-0.1, -0.05) is 13.0 Å². The Morgan fingerprint density at radius 1 is 1.56 bits per heavy atom. The number of rotatable bonds is 2. The zero-order valence-corrected chi connectivity index (χ0v) is 10.3. The van der Waals surface area contributed by atoms with Crippen LogP contribution >= 0.6 is 0 Å². The first-order valence-electron chi connectivity index (χ1n) is 6.09.